The van der Waals surface area contributed by atoms with E-state index in [0.717, 1.165) is 0 Å². The minimum absolute atomic E-state index is 0.0507. The molecule has 1 aromatic heterocycles. The molecule has 4 nitrogen and oxygen atoms in total. The zero-order chi connectivity index (χ0) is 11.4. The first-order valence-electron chi connectivity index (χ1n) is 4.96. The van der Waals surface area contributed by atoms with Gasteiger partial charge in [-0.15, -0.1) is 0 Å². The number of rotatable bonds is 3. The lowest BCUT2D eigenvalue weighted by Gasteiger charge is -2.15. The third kappa shape index (κ3) is 2.68. The molecule has 0 spiro atoms. The number of carbonyl (C=O) groups excluding carboxylic acids is 1. The summed E-state index contributed by atoms with van der Waals surface area (Å²) in [6.45, 7) is 4.41. The van der Waals surface area contributed by atoms with Crippen LogP contribution in [0.15, 0.2) is 23.1 Å². The molecule has 0 bridgehead atoms. The van der Waals surface area contributed by atoms with Crippen LogP contribution in [-0.2, 0) is 11.3 Å². The molecule has 0 aliphatic heterocycles. The van der Waals surface area contributed by atoms with Crippen LogP contribution >= 0.6 is 0 Å². The minimum atomic E-state index is -0.102. The van der Waals surface area contributed by atoms with Gasteiger partial charge in [-0.2, -0.15) is 0 Å². The Morgan fingerprint density at radius 1 is 1.53 bits per heavy atom. The molecule has 1 heterocycles. The SMILES string of the molecule is CCN(C)C(=O)Cn1cccc(C)c1=O. The molecule has 0 atom stereocenters. The molecule has 0 radical (unpaired) electrons. The van der Waals surface area contributed by atoms with Gasteiger partial charge in [-0.25, -0.2) is 0 Å². The number of likely N-dealkylation sites (N-methyl/N-ethyl adjacent to an activating group) is 1. The Kier molecular flexibility index (Phi) is 3.66. The number of amides is 1. The number of pyridine rings is 1. The van der Waals surface area contributed by atoms with Crippen molar-refractivity contribution in [3.63, 3.8) is 0 Å². The number of carbonyl (C=O) groups is 1. The van der Waals surface area contributed by atoms with Gasteiger partial charge in [0.15, 0.2) is 0 Å². The van der Waals surface area contributed by atoms with Crippen LogP contribution in [-0.4, -0.2) is 29.0 Å². The fraction of sp³-hybridized carbons (Fsp3) is 0.455. The molecule has 4 heteroatoms. The van der Waals surface area contributed by atoms with Gasteiger partial charge in [0.25, 0.3) is 5.56 Å². The average Bonchev–Trinajstić information content (AvgIpc) is 2.23. The van der Waals surface area contributed by atoms with E-state index in [1.54, 1.807) is 37.2 Å². The number of hydrogen-bond donors (Lipinski definition) is 0. The molecule has 15 heavy (non-hydrogen) atoms. The van der Waals surface area contributed by atoms with Crippen molar-refractivity contribution < 1.29 is 4.79 Å². The molecule has 0 unspecified atom stereocenters. The number of nitrogens with zero attached hydrogens (tertiary/aromatic N) is 2. The molecule has 0 fully saturated rings. The van der Waals surface area contributed by atoms with E-state index < -0.39 is 0 Å². The first kappa shape index (κ1) is 11.5. The van der Waals surface area contributed by atoms with Crippen molar-refractivity contribution in [2.45, 2.75) is 20.4 Å². The Morgan fingerprint density at radius 2 is 2.20 bits per heavy atom. The number of hydrogen-bond acceptors (Lipinski definition) is 2. The van der Waals surface area contributed by atoms with E-state index in [1.807, 2.05) is 6.92 Å². The smallest absolute Gasteiger partial charge is 0.253 e. The second-order valence-electron chi connectivity index (χ2n) is 3.53. The zero-order valence-electron chi connectivity index (χ0n) is 9.36. The fourth-order valence-electron chi connectivity index (χ4n) is 1.22. The minimum Gasteiger partial charge on any atom is -0.344 e. The van der Waals surface area contributed by atoms with Crippen LogP contribution in [0.2, 0.25) is 0 Å². The summed E-state index contributed by atoms with van der Waals surface area (Å²) in [7, 11) is 1.73. The third-order valence-corrected chi connectivity index (χ3v) is 2.42. The Hall–Kier alpha value is -1.58. The van der Waals surface area contributed by atoms with Gasteiger partial charge in [0.1, 0.15) is 6.54 Å². The zero-order valence-corrected chi connectivity index (χ0v) is 9.36. The first-order valence-corrected chi connectivity index (χ1v) is 4.96. The van der Waals surface area contributed by atoms with E-state index in [1.165, 1.54) is 4.57 Å². The Balaban J connectivity index is 2.86. The Morgan fingerprint density at radius 3 is 2.80 bits per heavy atom. The summed E-state index contributed by atoms with van der Waals surface area (Å²) >= 11 is 0. The van der Waals surface area contributed by atoms with Gasteiger partial charge in [-0.3, -0.25) is 9.59 Å². The summed E-state index contributed by atoms with van der Waals surface area (Å²) in [5.74, 6) is -0.0507. The van der Waals surface area contributed by atoms with Crippen LogP contribution in [0.3, 0.4) is 0 Å². The van der Waals surface area contributed by atoms with Gasteiger partial charge >= 0.3 is 0 Å². The summed E-state index contributed by atoms with van der Waals surface area (Å²) in [5, 5.41) is 0. The van der Waals surface area contributed by atoms with Crippen molar-refractivity contribution in [3.05, 3.63) is 34.2 Å². The molecule has 1 amide bonds. The molecule has 0 N–H and O–H groups in total. The standard InChI is InChI=1S/C11H16N2O2/c1-4-12(3)10(14)8-13-7-5-6-9(2)11(13)15/h5-7H,4,8H2,1-3H3. The largest absolute Gasteiger partial charge is 0.344 e. The maximum atomic E-state index is 11.6. The molecule has 0 aliphatic rings. The maximum absolute atomic E-state index is 11.6. The Bertz CT molecular complexity index is 409. The van der Waals surface area contributed by atoms with Gasteiger partial charge in [-0.1, -0.05) is 6.07 Å². The van der Waals surface area contributed by atoms with Crippen molar-refractivity contribution in [1.82, 2.24) is 9.47 Å². The highest BCUT2D eigenvalue weighted by Crippen LogP contribution is 1.92. The van der Waals surface area contributed by atoms with Gasteiger partial charge in [-0.05, 0) is 19.9 Å². The lowest BCUT2D eigenvalue weighted by atomic mass is 10.3. The molecule has 0 saturated heterocycles. The highest BCUT2D eigenvalue weighted by atomic mass is 16.2. The number of aromatic nitrogens is 1. The Labute approximate surface area is 89.1 Å². The summed E-state index contributed by atoms with van der Waals surface area (Å²) in [5.41, 5.74) is 0.555. The summed E-state index contributed by atoms with van der Waals surface area (Å²) < 4.78 is 1.43. The van der Waals surface area contributed by atoms with E-state index in [4.69, 9.17) is 0 Å². The van der Waals surface area contributed by atoms with Gasteiger partial charge < -0.3 is 9.47 Å². The average molecular weight is 208 g/mol. The monoisotopic (exact) mass is 208 g/mol. The summed E-state index contributed by atoms with van der Waals surface area (Å²) in [6.07, 6.45) is 1.64. The molecule has 1 aromatic rings. The second kappa shape index (κ2) is 4.77. The van der Waals surface area contributed by atoms with Crippen LogP contribution in [0.5, 0.6) is 0 Å². The van der Waals surface area contributed by atoms with Crippen molar-refractivity contribution in [2.75, 3.05) is 13.6 Å². The van der Waals surface area contributed by atoms with Gasteiger partial charge in [0.2, 0.25) is 5.91 Å². The van der Waals surface area contributed by atoms with Crippen molar-refractivity contribution in [2.24, 2.45) is 0 Å². The molecule has 0 saturated carbocycles. The van der Waals surface area contributed by atoms with Gasteiger partial charge in [0.05, 0.1) is 0 Å². The van der Waals surface area contributed by atoms with E-state index >= 15 is 0 Å². The fourth-order valence-corrected chi connectivity index (χ4v) is 1.22. The van der Waals surface area contributed by atoms with Crippen molar-refractivity contribution in [1.29, 1.82) is 0 Å². The molecule has 0 aliphatic carbocycles. The third-order valence-electron chi connectivity index (χ3n) is 2.42. The van der Waals surface area contributed by atoms with E-state index in [-0.39, 0.29) is 18.0 Å². The quantitative estimate of drug-likeness (QED) is 0.731. The lowest BCUT2D eigenvalue weighted by Crippen LogP contribution is -2.34. The summed E-state index contributed by atoms with van der Waals surface area (Å²) in [6, 6.07) is 3.52. The van der Waals surface area contributed by atoms with Gasteiger partial charge in [0, 0.05) is 25.4 Å². The molecule has 1 rings (SSSR count). The maximum Gasteiger partial charge on any atom is 0.253 e. The highest BCUT2D eigenvalue weighted by Gasteiger charge is 2.08. The predicted molar refractivity (Wildman–Crippen MR) is 58.8 cm³/mol. The van der Waals surface area contributed by atoms with E-state index in [0.29, 0.717) is 12.1 Å². The van der Waals surface area contributed by atoms with Crippen LogP contribution < -0.4 is 5.56 Å². The molecule has 0 aromatic carbocycles. The van der Waals surface area contributed by atoms with Crippen molar-refractivity contribution in [3.8, 4) is 0 Å². The highest BCUT2D eigenvalue weighted by molar-refractivity contribution is 5.75. The normalized spacial score (nSPS) is 10.1. The predicted octanol–water partition coefficient (Wildman–Crippen LogP) is 0.635. The van der Waals surface area contributed by atoms with Crippen LogP contribution in [0.4, 0.5) is 0 Å². The molecular weight excluding hydrogens is 192 g/mol. The summed E-state index contributed by atoms with van der Waals surface area (Å²) in [4.78, 5) is 24.8. The van der Waals surface area contributed by atoms with Crippen molar-refractivity contribution >= 4 is 5.91 Å². The number of aryl methyl sites for hydroxylation is 1. The molecular formula is C11H16N2O2. The molecule has 82 valence electrons. The van der Waals surface area contributed by atoms with E-state index in [9.17, 15) is 9.59 Å². The topological polar surface area (TPSA) is 42.3 Å². The lowest BCUT2D eigenvalue weighted by molar-refractivity contribution is -0.130. The first-order chi connectivity index (χ1) is 7.06. The van der Waals surface area contributed by atoms with E-state index in [2.05, 4.69) is 0 Å². The second-order valence-corrected chi connectivity index (χ2v) is 3.53. The van der Waals surface area contributed by atoms with Crippen LogP contribution in [0, 0.1) is 6.92 Å². The van der Waals surface area contributed by atoms with Crippen LogP contribution in [0.25, 0.3) is 0 Å². The van der Waals surface area contributed by atoms with Crippen LogP contribution in [0.1, 0.15) is 12.5 Å².